The molecule has 0 saturated heterocycles. The first kappa shape index (κ1) is 20.5. The molecule has 1 aliphatic heterocycles. The Labute approximate surface area is 172 Å². The summed E-state index contributed by atoms with van der Waals surface area (Å²) in [5.41, 5.74) is 1.18. The highest BCUT2D eigenvalue weighted by Gasteiger charge is 2.17. The van der Waals surface area contributed by atoms with Crippen molar-refractivity contribution >= 4 is 29.4 Å². The second kappa shape index (κ2) is 9.29. The Hall–Kier alpha value is -3.26. The molecular weight excluding hydrogens is 400 g/mol. The molecule has 0 aromatic heterocycles. The van der Waals surface area contributed by atoms with Gasteiger partial charge in [-0.15, -0.1) is 0 Å². The number of ether oxygens (including phenoxy) is 3. The SMILES string of the molecule is C[C@@H](NC(=O)COC(=O)CNC(=O)c1ccc2c(c1)OCO2)c1ccc(Cl)cc1. The minimum absolute atomic E-state index is 0.103. The third-order valence-corrected chi connectivity index (χ3v) is 4.39. The number of rotatable bonds is 7. The van der Waals surface area contributed by atoms with E-state index in [9.17, 15) is 14.4 Å². The standard InChI is InChI=1S/C20H19ClN2O6/c1-12(13-2-5-15(21)6-3-13)23-18(24)10-27-19(25)9-22-20(26)14-4-7-16-17(8-14)29-11-28-16/h2-8,12H,9-11H2,1H3,(H,22,26)(H,23,24)/t12-/m1/s1. The van der Waals surface area contributed by atoms with Crippen molar-refractivity contribution in [1.29, 1.82) is 0 Å². The molecule has 8 nitrogen and oxygen atoms in total. The second-order valence-corrected chi connectivity index (χ2v) is 6.69. The van der Waals surface area contributed by atoms with Gasteiger partial charge in [0.05, 0.1) is 6.04 Å². The van der Waals surface area contributed by atoms with Crippen LogP contribution in [-0.4, -0.2) is 37.7 Å². The highest BCUT2D eigenvalue weighted by Crippen LogP contribution is 2.32. The molecule has 3 rings (SSSR count). The van der Waals surface area contributed by atoms with Crippen molar-refractivity contribution < 1.29 is 28.6 Å². The van der Waals surface area contributed by atoms with Gasteiger partial charge in [0.25, 0.3) is 11.8 Å². The Bertz CT molecular complexity index is 916. The molecule has 0 saturated carbocycles. The van der Waals surface area contributed by atoms with E-state index in [1.807, 2.05) is 0 Å². The van der Waals surface area contributed by atoms with Gasteiger partial charge in [-0.1, -0.05) is 23.7 Å². The quantitative estimate of drug-likeness (QED) is 0.668. The van der Waals surface area contributed by atoms with Crippen molar-refractivity contribution in [1.82, 2.24) is 10.6 Å². The van der Waals surface area contributed by atoms with Gasteiger partial charge in [0, 0.05) is 10.6 Å². The molecule has 1 heterocycles. The number of amides is 2. The van der Waals surface area contributed by atoms with Gasteiger partial charge in [-0.05, 0) is 42.8 Å². The predicted molar refractivity (Wildman–Crippen MR) is 104 cm³/mol. The van der Waals surface area contributed by atoms with Crippen LogP contribution >= 0.6 is 11.6 Å². The van der Waals surface area contributed by atoms with Gasteiger partial charge < -0.3 is 24.8 Å². The fourth-order valence-corrected chi connectivity index (χ4v) is 2.73. The van der Waals surface area contributed by atoms with Crippen molar-refractivity contribution in [2.75, 3.05) is 19.9 Å². The number of carbonyl (C=O) groups is 3. The van der Waals surface area contributed by atoms with Gasteiger partial charge >= 0.3 is 5.97 Å². The molecule has 1 aliphatic rings. The predicted octanol–water partition coefficient (Wildman–Crippen LogP) is 2.22. The zero-order chi connectivity index (χ0) is 20.8. The van der Waals surface area contributed by atoms with Crippen molar-refractivity contribution in [3.63, 3.8) is 0 Å². The number of nitrogens with one attached hydrogen (secondary N) is 2. The first-order chi connectivity index (χ1) is 13.9. The zero-order valence-electron chi connectivity index (χ0n) is 15.6. The molecule has 29 heavy (non-hydrogen) atoms. The monoisotopic (exact) mass is 418 g/mol. The Balaban J connectivity index is 1.39. The Kier molecular flexibility index (Phi) is 6.56. The summed E-state index contributed by atoms with van der Waals surface area (Å²) in [6.07, 6.45) is 0. The van der Waals surface area contributed by atoms with Gasteiger partial charge in [0.2, 0.25) is 6.79 Å². The number of benzene rings is 2. The summed E-state index contributed by atoms with van der Waals surface area (Å²) in [6.45, 7) is 1.09. The fourth-order valence-electron chi connectivity index (χ4n) is 2.61. The van der Waals surface area contributed by atoms with Crippen LogP contribution in [0.2, 0.25) is 5.02 Å². The van der Waals surface area contributed by atoms with Crippen molar-refractivity contribution in [3.05, 3.63) is 58.6 Å². The number of carbonyl (C=O) groups excluding carboxylic acids is 3. The first-order valence-corrected chi connectivity index (χ1v) is 9.18. The van der Waals surface area contributed by atoms with Gasteiger partial charge in [-0.25, -0.2) is 0 Å². The smallest absolute Gasteiger partial charge is 0.325 e. The molecule has 0 radical (unpaired) electrons. The van der Waals surface area contributed by atoms with Crippen LogP contribution in [0, 0.1) is 0 Å². The van der Waals surface area contributed by atoms with Crippen LogP contribution < -0.4 is 20.1 Å². The third kappa shape index (κ3) is 5.61. The van der Waals surface area contributed by atoms with E-state index in [4.69, 9.17) is 25.8 Å². The summed E-state index contributed by atoms with van der Waals surface area (Å²) in [6, 6.07) is 11.5. The van der Waals surface area contributed by atoms with Crippen LogP contribution in [0.15, 0.2) is 42.5 Å². The topological polar surface area (TPSA) is 103 Å². The van der Waals surface area contributed by atoms with Gasteiger partial charge in [0.15, 0.2) is 18.1 Å². The number of halogens is 1. The molecule has 2 amide bonds. The molecule has 9 heteroatoms. The van der Waals surface area contributed by atoms with Crippen molar-refractivity contribution in [2.45, 2.75) is 13.0 Å². The summed E-state index contributed by atoms with van der Waals surface area (Å²) < 4.78 is 15.3. The van der Waals surface area contributed by atoms with Crippen molar-refractivity contribution in [2.24, 2.45) is 0 Å². The average molecular weight is 419 g/mol. The molecule has 0 bridgehead atoms. The second-order valence-electron chi connectivity index (χ2n) is 6.25. The Morgan fingerprint density at radius 2 is 1.83 bits per heavy atom. The van der Waals surface area contributed by atoms with E-state index in [0.29, 0.717) is 22.1 Å². The van der Waals surface area contributed by atoms with E-state index in [2.05, 4.69) is 10.6 Å². The van der Waals surface area contributed by atoms with E-state index in [-0.39, 0.29) is 19.4 Å². The van der Waals surface area contributed by atoms with Gasteiger partial charge in [0.1, 0.15) is 6.54 Å². The lowest BCUT2D eigenvalue weighted by molar-refractivity contribution is -0.147. The molecular formula is C20H19ClN2O6. The van der Waals surface area contributed by atoms with Crippen LogP contribution in [-0.2, 0) is 14.3 Å². The van der Waals surface area contributed by atoms with Crippen LogP contribution in [0.3, 0.4) is 0 Å². The molecule has 0 spiro atoms. The van der Waals surface area contributed by atoms with Crippen LogP contribution in [0.25, 0.3) is 0 Å². The molecule has 2 aromatic carbocycles. The van der Waals surface area contributed by atoms with E-state index < -0.39 is 24.4 Å². The highest BCUT2D eigenvalue weighted by molar-refractivity contribution is 6.30. The minimum Gasteiger partial charge on any atom is -0.454 e. The summed E-state index contributed by atoms with van der Waals surface area (Å²) >= 11 is 5.84. The van der Waals surface area contributed by atoms with E-state index >= 15 is 0 Å². The Morgan fingerprint density at radius 3 is 2.59 bits per heavy atom. The lowest BCUT2D eigenvalue weighted by Crippen LogP contribution is -2.34. The van der Waals surface area contributed by atoms with Gasteiger partial charge in [-0.2, -0.15) is 0 Å². The molecule has 1 atom stereocenters. The molecule has 2 aromatic rings. The maximum atomic E-state index is 12.1. The molecule has 0 aliphatic carbocycles. The minimum atomic E-state index is -0.728. The molecule has 0 unspecified atom stereocenters. The van der Waals surface area contributed by atoms with Crippen molar-refractivity contribution in [3.8, 4) is 11.5 Å². The normalized spacial score (nSPS) is 12.8. The fraction of sp³-hybridized carbons (Fsp3) is 0.250. The number of esters is 1. The maximum absolute atomic E-state index is 12.1. The van der Waals surface area contributed by atoms with Gasteiger partial charge in [-0.3, -0.25) is 14.4 Å². The largest absolute Gasteiger partial charge is 0.454 e. The van der Waals surface area contributed by atoms with Crippen LogP contribution in [0.5, 0.6) is 11.5 Å². The number of hydrogen-bond donors (Lipinski definition) is 2. The zero-order valence-corrected chi connectivity index (χ0v) is 16.3. The average Bonchev–Trinajstić information content (AvgIpc) is 3.18. The summed E-state index contributed by atoms with van der Waals surface area (Å²) in [5.74, 6) is -0.635. The maximum Gasteiger partial charge on any atom is 0.325 e. The van der Waals surface area contributed by atoms with E-state index in [1.54, 1.807) is 43.3 Å². The highest BCUT2D eigenvalue weighted by atomic mass is 35.5. The van der Waals surface area contributed by atoms with E-state index in [1.165, 1.54) is 6.07 Å². The summed E-state index contributed by atoms with van der Waals surface area (Å²) in [4.78, 5) is 35.8. The lowest BCUT2D eigenvalue weighted by atomic mass is 10.1. The number of hydrogen-bond acceptors (Lipinski definition) is 6. The molecule has 152 valence electrons. The first-order valence-electron chi connectivity index (χ1n) is 8.80. The molecule has 0 fully saturated rings. The van der Waals surface area contributed by atoms with Crippen LogP contribution in [0.1, 0.15) is 28.9 Å². The Morgan fingerprint density at radius 1 is 1.10 bits per heavy atom. The molecule has 2 N–H and O–H groups in total. The summed E-state index contributed by atoms with van der Waals surface area (Å²) in [5, 5.41) is 5.75. The van der Waals surface area contributed by atoms with E-state index in [0.717, 1.165) is 5.56 Å². The summed E-state index contributed by atoms with van der Waals surface area (Å²) in [7, 11) is 0. The number of fused-ring (bicyclic) bond motifs is 1. The third-order valence-electron chi connectivity index (χ3n) is 4.14. The van der Waals surface area contributed by atoms with Crippen LogP contribution in [0.4, 0.5) is 0 Å². The lowest BCUT2D eigenvalue weighted by Gasteiger charge is -2.14.